The molecular formula is C16H20N2O3. The zero-order chi connectivity index (χ0) is 15.2. The summed E-state index contributed by atoms with van der Waals surface area (Å²) >= 11 is 0. The maximum atomic E-state index is 12.3. The molecule has 1 amide bonds. The molecule has 21 heavy (non-hydrogen) atoms. The average molecular weight is 288 g/mol. The van der Waals surface area contributed by atoms with E-state index in [-0.39, 0.29) is 23.3 Å². The highest BCUT2D eigenvalue weighted by Gasteiger charge is 2.30. The zero-order valence-corrected chi connectivity index (χ0v) is 12.3. The highest BCUT2D eigenvalue weighted by atomic mass is 16.6. The topological polar surface area (TPSA) is 70.9 Å². The average Bonchev–Trinajstić information content (AvgIpc) is 2.50. The predicted octanol–water partition coefficient (Wildman–Crippen LogP) is 2.86. The summed E-state index contributed by atoms with van der Waals surface area (Å²) in [6, 6.07) is 9.38. The van der Waals surface area contributed by atoms with Crippen LogP contribution in [0.2, 0.25) is 0 Å². The number of nitrogens with zero attached hydrogens (tertiary/aromatic N) is 1. The van der Waals surface area contributed by atoms with Crippen molar-refractivity contribution in [3.63, 3.8) is 0 Å². The van der Waals surface area contributed by atoms with Gasteiger partial charge in [-0.2, -0.15) is 0 Å². The van der Waals surface area contributed by atoms with Crippen molar-refractivity contribution in [2.75, 3.05) is 6.61 Å². The molecule has 1 aliphatic heterocycles. The molecule has 1 aromatic carbocycles. The number of hydrogen-bond acceptors (Lipinski definition) is 4. The lowest BCUT2D eigenvalue weighted by Gasteiger charge is -2.26. The van der Waals surface area contributed by atoms with Gasteiger partial charge >= 0.3 is 0 Å². The lowest BCUT2D eigenvalue weighted by Crippen LogP contribution is -2.37. The molecule has 2 N–H and O–H groups in total. The van der Waals surface area contributed by atoms with Crippen molar-refractivity contribution in [3.05, 3.63) is 47.2 Å². The Balaban J connectivity index is 2.27. The summed E-state index contributed by atoms with van der Waals surface area (Å²) in [6.45, 7) is 4.11. The van der Waals surface area contributed by atoms with Gasteiger partial charge < -0.3 is 15.3 Å². The highest BCUT2D eigenvalue weighted by molar-refractivity contribution is 6.22. The van der Waals surface area contributed by atoms with E-state index in [2.05, 4.69) is 10.5 Å². The van der Waals surface area contributed by atoms with E-state index in [0.717, 1.165) is 5.56 Å². The maximum Gasteiger partial charge on any atom is 0.257 e. The minimum absolute atomic E-state index is 0.0629. The second-order valence-electron chi connectivity index (χ2n) is 4.77. The van der Waals surface area contributed by atoms with Crippen molar-refractivity contribution >= 4 is 11.6 Å². The van der Waals surface area contributed by atoms with Gasteiger partial charge in [-0.25, -0.2) is 0 Å². The van der Waals surface area contributed by atoms with Crippen LogP contribution in [0.4, 0.5) is 0 Å². The molecule has 0 fully saturated rings. The molecule has 5 heteroatoms. The molecule has 0 aliphatic carbocycles. The van der Waals surface area contributed by atoms with E-state index in [0.29, 0.717) is 25.2 Å². The molecule has 0 radical (unpaired) electrons. The SMILES string of the molecule is CCO/N=C(\CC)C1=C(O)CC(c2ccccc2)NC1=O. The first-order chi connectivity index (χ1) is 10.2. The van der Waals surface area contributed by atoms with E-state index in [1.54, 1.807) is 0 Å². The molecule has 1 atom stereocenters. The highest BCUT2D eigenvalue weighted by Crippen LogP contribution is 2.27. The molecule has 0 saturated carbocycles. The van der Waals surface area contributed by atoms with Gasteiger partial charge in [0, 0.05) is 6.42 Å². The van der Waals surface area contributed by atoms with Crippen LogP contribution in [0.5, 0.6) is 0 Å². The number of rotatable bonds is 5. The Kier molecular flexibility index (Phi) is 4.98. The third-order valence-corrected chi connectivity index (χ3v) is 3.35. The van der Waals surface area contributed by atoms with Crippen LogP contribution in [0.3, 0.4) is 0 Å². The molecule has 0 spiro atoms. The number of carbonyl (C=O) groups excluding carboxylic acids is 1. The van der Waals surface area contributed by atoms with Crippen LogP contribution in [0, 0.1) is 0 Å². The smallest absolute Gasteiger partial charge is 0.257 e. The van der Waals surface area contributed by atoms with Crippen LogP contribution in [0.15, 0.2) is 46.8 Å². The normalized spacial score (nSPS) is 19.4. The summed E-state index contributed by atoms with van der Waals surface area (Å²) in [5.74, 6) is -0.249. The van der Waals surface area contributed by atoms with E-state index < -0.39 is 0 Å². The summed E-state index contributed by atoms with van der Waals surface area (Å²) in [6.07, 6.45) is 0.874. The van der Waals surface area contributed by atoms with E-state index in [4.69, 9.17) is 4.84 Å². The molecule has 0 aromatic heterocycles. The van der Waals surface area contributed by atoms with Gasteiger partial charge in [0.1, 0.15) is 17.9 Å². The van der Waals surface area contributed by atoms with E-state index in [1.165, 1.54) is 0 Å². The van der Waals surface area contributed by atoms with E-state index in [1.807, 2.05) is 44.2 Å². The first-order valence-electron chi connectivity index (χ1n) is 7.14. The van der Waals surface area contributed by atoms with Crippen LogP contribution in [0.1, 0.15) is 38.3 Å². The molecule has 1 aromatic rings. The first-order valence-corrected chi connectivity index (χ1v) is 7.14. The Morgan fingerprint density at radius 1 is 1.38 bits per heavy atom. The standard InChI is InChI=1S/C16H20N2O3/c1-3-12(18-21-4-2)15-14(19)10-13(17-16(15)20)11-8-6-5-7-9-11/h5-9,13,19H,3-4,10H2,1-2H3,(H,17,20)/b18-12+. The number of amides is 1. The fraction of sp³-hybridized carbons (Fsp3) is 0.375. The molecule has 1 heterocycles. The first kappa shape index (κ1) is 15.1. The molecule has 0 saturated heterocycles. The second kappa shape index (κ2) is 6.92. The van der Waals surface area contributed by atoms with Gasteiger partial charge in [0.25, 0.3) is 5.91 Å². The molecule has 2 rings (SSSR count). The van der Waals surface area contributed by atoms with Crippen molar-refractivity contribution in [1.29, 1.82) is 0 Å². The van der Waals surface area contributed by atoms with E-state index >= 15 is 0 Å². The number of aliphatic hydroxyl groups is 1. The lowest BCUT2D eigenvalue weighted by molar-refractivity contribution is -0.118. The van der Waals surface area contributed by atoms with Gasteiger partial charge in [0.2, 0.25) is 0 Å². The van der Waals surface area contributed by atoms with Crippen LogP contribution < -0.4 is 5.32 Å². The molecule has 112 valence electrons. The van der Waals surface area contributed by atoms with Crippen molar-refractivity contribution < 1.29 is 14.7 Å². The third kappa shape index (κ3) is 3.42. The monoisotopic (exact) mass is 288 g/mol. The van der Waals surface area contributed by atoms with Gasteiger partial charge in [-0.3, -0.25) is 4.79 Å². The maximum absolute atomic E-state index is 12.3. The Labute approximate surface area is 124 Å². The molecule has 5 nitrogen and oxygen atoms in total. The minimum Gasteiger partial charge on any atom is -0.511 e. The lowest BCUT2D eigenvalue weighted by atomic mass is 9.93. The van der Waals surface area contributed by atoms with Gasteiger partial charge in [-0.1, -0.05) is 42.4 Å². The Morgan fingerprint density at radius 2 is 2.10 bits per heavy atom. The van der Waals surface area contributed by atoms with Gasteiger partial charge in [0.15, 0.2) is 0 Å². The van der Waals surface area contributed by atoms with Crippen molar-refractivity contribution in [3.8, 4) is 0 Å². The molecule has 1 unspecified atom stereocenters. The van der Waals surface area contributed by atoms with Crippen LogP contribution in [0.25, 0.3) is 0 Å². The van der Waals surface area contributed by atoms with Crippen molar-refractivity contribution in [1.82, 2.24) is 5.32 Å². The molecule has 0 bridgehead atoms. The van der Waals surface area contributed by atoms with Crippen LogP contribution in [-0.2, 0) is 9.63 Å². The van der Waals surface area contributed by atoms with Crippen molar-refractivity contribution in [2.45, 2.75) is 32.7 Å². The minimum atomic E-state index is -0.312. The van der Waals surface area contributed by atoms with Gasteiger partial charge in [-0.15, -0.1) is 0 Å². The fourth-order valence-corrected chi connectivity index (χ4v) is 2.32. The predicted molar refractivity (Wildman–Crippen MR) is 80.9 cm³/mol. The van der Waals surface area contributed by atoms with Gasteiger partial charge in [-0.05, 0) is 18.9 Å². The quantitative estimate of drug-likeness (QED) is 0.646. The van der Waals surface area contributed by atoms with Gasteiger partial charge in [0.05, 0.1) is 11.8 Å². The number of aliphatic hydroxyl groups excluding tert-OH is 1. The van der Waals surface area contributed by atoms with Crippen molar-refractivity contribution in [2.24, 2.45) is 5.16 Å². The molecule has 1 aliphatic rings. The van der Waals surface area contributed by atoms with E-state index in [9.17, 15) is 9.90 Å². The summed E-state index contributed by atoms with van der Waals surface area (Å²) in [5.41, 5.74) is 1.67. The zero-order valence-electron chi connectivity index (χ0n) is 12.3. The Hall–Kier alpha value is -2.30. The number of carbonyl (C=O) groups is 1. The Bertz CT molecular complexity index is 564. The summed E-state index contributed by atoms with van der Waals surface area (Å²) in [5, 5.41) is 17.1. The fourth-order valence-electron chi connectivity index (χ4n) is 2.32. The number of oxime groups is 1. The third-order valence-electron chi connectivity index (χ3n) is 3.35. The largest absolute Gasteiger partial charge is 0.511 e. The van der Waals surface area contributed by atoms with Crippen LogP contribution in [-0.4, -0.2) is 23.3 Å². The summed E-state index contributed by atoms with van der Waals surface area (Å²) in [4.78, 5) is 17.3. The second-order valence-corrected chi connectivity index (χ2v) is 4.77. The molecular weight excluding hydrogens is 268 g/mol. The number of nitrogens with one attached hydrogen (secondary N) is 1. The Morgan fingerprint density at radius 3 is 2.67 bits per heavy atom. The van der Waals surface area contributed by atoms with Crippen LogP contribution >= 0.6 is 0 Å². The number of hydrogen-bond donors (Lipinski definition) is 2. The number of benzene rings is 1. The summed E-state index contributed by atoms with van der Waals surface area (Å²) in [7, 11) is 0. The summed E-state index contributed by atoms with van der Waals surface area (Å²) < 4.78 is 0.